The van der Waals surface area contributed by atoms with Gasteiger partial charge in [0, 0.05) is 12.5 Å². The van der Waals surface area contributed by atoms with Crippen molar-refractivity contribution in [3.05, 3.63) is 30.2 Å². The Balaban J connectivity index is 2.83. The van der Waals surface area contributed by atoms with E-state index >= 15 is 0 Å². The molecule has 0 N–H and O–H groups in total. The molecule has 0 unspecified atom stereocenters. The van der Waals surface area contributed by atoms with Gasteiger partial charge in [0.2, 0.25) is 0 Å². The minimum atomic E-state index is -0.197. The Morgan fingerprint density at radius 3 is 2.40 bits per heavy atom. The number of ether oxygens (including phenoxy) is 1. The highest BCUT2D eigenvalue weighted by Gasteiger charge is 2.08. The molecule has 0 radical (unpaired) electrons. The largest absolute Gasteiger partial charge is 0.466 e. The number of hydrogen-bond donors (Lipinski definition) is 0. The molecule has 0 saturated carbocycles. The van der Waals surface area contributed by atoms with Gasteiger partial charge in [-0.15, -0.1) is 0 Å². The molecule has 0 aliphatic heterocycles. The standard InChI is InChI=1S/C10H9Br2IO2/c1-2-15-9(14)5-6-3-7(11)10(13)8(12)4-6/h3-4H,2,5H2,1H3. The van der Waals surface area contributed by atoms with Crippen LogP contribution in [0, 0.1) is 3.57 Å². The summed E-state index contributed by atoms with van der Waals surface area (Å²) in [5.41, 5.74) is 0.938. The molecule has 82 valence electrons. The zero-order chi connectivity index (χ0) is 11.4. The summed E-state index contributed by atoms with van der Waals surface area (Å²) in [6, 6.07) is 3.87. The van der Waals surface area contributed by atoms with Crippen molar-refractivity contribution in [2.75, 3.05) is 6.61 Å². The highest BCUT2D eigenvalue weighted by Crippen LogP contribution is 2.28. The van der Waals surface area contributed by atoms with E-state index in [2.05, 4.69) is 54.5 Å². The molecule has 0 spiro atoms. The molecular weight excluding hydrogens is 439 g/mol. The van der Waals surface area contributed by atoms with E-state index in [9.17, 15) is 4.79 Å². The van der Waals surface area contributed by atoms with Crippen LogP contribution in [0.1, 0.15) is 12.5 Å². The Bertz CT molecular complexity index is 357. The molecule has 0 fully saturated rings. The first-order valence-electron chi connectivity index (χ1n) is 4.33. The topological polar surface area (TPSA) is 26.3 Å². The van der Waals surface area contributed by atoms with Gasteiger partial charge in [-0.2, -0.15) is 0 Å². The molecule has 0 aliphatic carbocycles. The smallest absolute Gasteiger partial charge is 0.310 e. The summed E-state index contributed by atoms with van der Waals surface area (Å²) in [6.07, 6.45) is 0.307. The lowest BCUT2D eigenvalue weighted by Crippen LogP contribution is -2.07. The van der Waals surface area contributed by atoms with Crippen molar-refractivity contribution >= 4 is 60.4 Å². The first-order valence-corrected chi connectivity index (χ1v) is 7.00. The Labute approximate surface area is 119 Å². The van der Waals surface area contributed by atoms with Gasteiger partial charge in [0.25, 0.3) is 0 Å². The molecular formula is C10H9Br2IO2. The minimum absolute atomic E-state index is 0.197. The summed E-state index contributed by atoms with van der Waals surface area (Å²) >= 11 is 9.10. The molecule has 0 amide bonds. The van der Waals surface area contributed by atoms with Crippen LogP contribution in [0.4, 0.5) is 0 Å². The Hall–Kier alpha value is 0.380. The molecule has 1 aromatic carbocycles. The summed E-state index contributed by atoms with van der Waals surface area (Å²) in [6.45, 7) is 2.23. The normalized spacial score (nSPS) is 10.1. The van der Waals surface area contributed by atoms with Crippen LogP contribution >= 0.6 is 54.5 Å². The van der Waals surface area contributed by atoms with E-state index in [-0.39, 0.29) is 5.97 Å². The van der Waals surface area contributed by atoms with E-state index < -0.39 is 0 Å². The van der Waals surface area contributed by atoms with Gasteiger partial charge in [-0.05, 0) is 79.1 Å². The van der Waals surface area contributed by atoms with Gasteiger partial charge in [0.15, 0.2) is 0 Å². The third-order valence-corrected chi connectivity index (χ3v) is 5.59. The highest BCUT2D eigenvalue weighted by atomic mass is 127. The number of carbonyl (C=O) groups is 1. The number of halogens is 3. The number of rotatable bonds is 3. The van der Waals surface area contributed by atoms with Crippen molar-refractivity contribution in [1.29, 1.82) is 0 Å². The number of hydrogen-bond acceptors (Lipinski definition) is 2. The second-order valence-corrected chi connectivity index (χ2v) is 5.64. The molecule has 1 rings (SSSR count). The predicted octanol–water partition coefficient (Wildman–Crippen LogP) is 3.92. The number of esters is 1. The van der Waals surface area contributed by atoms with Crippen LogP contribution in [0.2, 0.25) is 0 Å². The lowest BCUT2D eigenvalue weighted by Gasteiger charge is -2.05. The summed E-state index contributed by atoms with van der Waals surface area (Å²) < 4.78 is 7.95. The number of carbonyl (C=O) groups excluding carboxylic acids is 1. The van der Waals surface area contributed by atoms with Gasteiger partial charge in [-0.3, -0.25) is 4.79 Å². The lowest BCUT2D eigenvalue weighted by molar-refractivity contribution is -0.142. The lowest BCUT2D eigenvalue weighted by atomic mass is 10.2. The molecule has 1 aromatic rings. The van der Waals surface area contributed by atoms with E-state index in [0.717, 1.165) is 18.1 Å². The quantitative estimate of drug-likeness (QED) is 0.399. The minimum Gasteiger partial charge on any atom is -0.466 e. The molecule has 0 aromatic heterocycles. The predicted molar refractivity (Wildman–Crippen MR) is 74.9 cm³/mol. The number of benzene rings is 1. The van der Waals surface area contributed by atoms with Crippen LogP contribution in [0.5, 0.6) is 0 Å². The van der Waals surface area contributed by atoms with E-state index in [0.29, 0.717) is 13.0 Å². The van der Waals surface area contributed by atoms with Crippen molar-refractivity contribution in [3.63, 3.8) is 0 Å². The van der Waals surface area contributed by atoms with E-state index in [4.69, 9.17) is 4.74 Å². The SMILES string of the molecule is CCOC(=O)Cc1cc(Br)c(I)c(Br)c1. The third kappa shape index (κ3) is 4.03. The molecule has 0 atom stereocenters. The summed E-state index contributed by atoms with van der Waals surface area (Å²) in [5, 5.41) is 0. The fourth-order valence-electron chi connectivity index (χ4n) is 1.09. The van der Waals surface area contributed by atoms with E-state index in [1.165, 1.54) is 0 Å². The van der Waals surface area contributed by atoms with Gasteiger partial charge in [-0.1, -0.05) is 0 Å². The maximum Gasteiger partial charge on any atom is 0.310 e. The molecule has 0 saturated heterocycles. The third-order valence-electron chi connectivity index (χ3n) is 1.70. The first-order chi connectivity index (χ1) is 7.04. The van der Waals surface area contributed by atoms with Crippen molar-refractivity contribution in [2.24, 2.45) is 0 Å². The van der Waals surface area contributed by atoms with Crippen LogP contribution < -0.4 is 0 Å². The van der Waals surface area contributed by atoms with Crippen LogP contribution in [0.15, 0.2) is 21.1 Å². The zero-order valence-corrected chi connectivity index (χ0v) is 13.3. The van der Waals surface area contributed by atoms with Crippen molar-refractivity contribution in [1.82, 2.24) is 0 Å². The van der Waals surface area contributed by atoms with Gasteiger partial charge >= 0.3 is 5.97 Å². The average Bonchev–Trinajstić information content (AvgIpc) is 2.14. The van der Waals surface area contributed by atoms with Crippen molar-refractivity contribution in [2.45, 2.75) is 13.3 Å². The Morgan fingerprint density at radius 1 is 1.40 bits per heavy atom. The van der Waals surface area contributed by atoms with Crippen molar-refractivity contribution in [3.8, 4) is 0 Å². The van der Waals surface area contributed by atoms with Gasteiger partial charge in [0.1, 0.15) is 0 Å². The van der Waals surface area contributed by atoms with E-state index in [1.807, 2.05) is 12.1 Å². The molecule has 5 heteroatoms. The Kier molecular flexibility index (Phi) is 5.56. The average molecular weight is 448 g/mol. The second-order valence-electron chi connectivity index (χ2n) is 2.86. The van der Waals surface area contributed by atoms with E-state index in [1.54, 1.807) is 6.92 Å². The van der Waals surface area contributed by atoms with Crippen molar-refractivity contribution < 1.29 is 9.53 Å². The fourth-order valence-corrected chi connectivity index (χ4v) is 2.68. The van der Waals surface area contributed by atoms with Gasteiger partial charge < -0.3 is 4.74 Å². The van der Waals surface area contributed by atoms with Gasteiger partial charge in [-0.25, -0.2) is 0 Å². The molecule has 0 aliphatic rings. The summed E-state index contributed by atoms with van der Waals surface area (Å²) in [5.74, 6) is -0.197. The second kappa shape index (κ2) is 6.20. The van der Waals surface area contributed by atoms with Crippen LogP contribution in [0.25, 0.3) is 0 Å². The zero-order valence-electron chi connectivity index (χ0n) is 8.02. The van der Waals surface area contributed by atoms with Crippen LogP contribution in [-0.2, 0) is 16.0 Å². The maximum atomic E-state index is 11.3. The molecule has 2 nitrogen and oxygen atoms in total. The highest BCUT2D eigenvalue weighted by molar-refractivity contribution is 14.1. The van der Waals surface area contributed by atoms with Crippen LogP contribution in [-0.4, -0.2) is 12.6 Å². The fraction of sp³-hybridized carbons (Fsp3) is 0.300. The van der Waals surface area contributed by atoms with Gasteiger partial charge in [0.05, 0.1) is 13.0 Å². The molecule has 0 heterocycles. The first kappa shape index (κ1) is 13.4. The monoisotopic (exact) mass is 446 g/mol. The Morgan fingerprint density at radius 2 is 1.93 bits per heavy atom. The van der Waals surface area contributed by atoms with Crippen LogP contribution in [0.3, 0.4) is 0 Å². The summed E-state index contributed by atoms with van der Waals surface area (Å²) in [4.78, 5) is 11.3. The molecule has 15 heavy (non-hydrogen) atoms. The summed E-state index contributed by atoms with van der Waals surface area (Å²) in [7, 11) is 0. The molecule has 0 bridgehead atoms. The maximum absolute atomic E-state index is 11.3.